The Balaban J connectivity index is 1.99. The van der Waals surface area contributed by atoms with Crippen molar-refractivity contribution in [2.75, 3.05) is 5.32 Å². The molecule has 1 heterocycles. The number of carbonyl (C=O) groups excluding carboxylic acids is 1. The van der Waals surface area contributed by atoms with Gasteiger partial charge in [-0.25, -0.2) is 0 Å². The molecule has 0 aliphatic heterocycles. The number of aromatic nitrogens is 1. The average Bonchev–Trinajstić information content (AvgIpc) is 2.48. The molecule has 4 heteroatoms. The summed E-state index contributed by atoms with van der Waals surface area (Å²) in [6.45, 7) is 2.00. The third-order valence-electron chi connectivity index (χ3n) is 3.31. The molecule has 0 unspecified atom stereocenters. The number of halogens is 1. The molecule has 1 aromatic heterocycles. The van der Waals surface area contributed by atoms with Crippen LogP contribution in [-0.2, 0) is 0 Å². The van der Waals surface area contributed by atoms with Gasteiger partial charge in [-0.3, -0.25) is 9.78 Å². The quantitative estimate of drug-likeness (QED) is 0.759. The van der Waals surface area contributed by atoms with Gasteiger partial charge < -0.3 is 5.32 Å². The highest BCUT2D eigenvalue weighted by atomic mass is 35.5. The molecule has 21 heavy (non-hydrogen) atoms. The first kappa shape index (κ1) is 13.6. The lowest BCUT2D eigenvalue weighted by molar-refractivity contribution is 0.102. The molecule has 104 valence electrons. The molecule has 1 N–H and O–H groups in total. The second-order valence-corrected chi connectivity index (χ2v) is 5.23. The smallest absolute Gasteiger partial charge is 0.255 e. The lowest BCUT2D eigenvalue weighted by Crippen LogP contribution is -2.12. The topological polar surface area (TPSA) is 42.0 Å². The summed E-state index contributed by atoms with van der Waals surface area (Å²) in [6, 6.07) is 14.6. The van der Waals surface area contributed by atoms with Gasteiger partial charge in [0.05, 0.1) is 11.2 Å². The van der Waals surface area contributed by atoms with Crippen LogP contribution in [0, 0.1) is 6.92 Å². The van der Waals surface area contributed by atoms with Crippen molar-refractivity contribution in [2.24, 2.45) is 0 Å². The molecule has 0 fully saturated rings. The highest BCUT2D eigenvalue weighted by molar-refractivity contribution is 6.31. The molecule has 3 rings (SSSR count). The van der Waals surface area contributed by atoms with E-state index in [0.717, 1.165) is 22.2 Å². The van der Waals surface area contributed by atoms with E-state index in [1.54, 1.807) is 36.5 Å². The molecule has 0 saturated heterocycles. The zero-order chi connectivity index (χ0) is 14.8. The number of carbonyl (C=O) groups is 1. The van der Waals surface area contributed by atoms with Gasteiger partial charge in [-0.2, -0.15) is 0 Å². The van der Waals surface area contributed by atoms with E-state index < -0.39 is 0 Å². The number of hydrogen-bond acceptors (Lipinski definition) is 2. The van der Waals surface area contributed by atoms with Gasteiger partial charge in [-0.1, -0.05) is 35.9 Å². The van der Waals surface area contributed by atoms with Crippen molar-refractivity contribution in [3.05, 3.63) is 70.9 Å². The molecule has 0 radical (unpaired) electrons. The van der Waals surface area contributed by atoms with Crippen LogP contribution >= 0.6 is 11.6 Å². The highest BCUT2D eigenvalue weighted by Gasteiger charge is 2.09. The van der Waals surface area contributed by atoms with Gasteiger partial charge in [0, 0.05) is 22.2 Å². The molecular formula is C17H13ClN2O. The van der Waals surface area contributed by atoms with Crippen LogP contribution in [0.25, 0.3) is 10.9 Å². The predicted molar refractivity (Wildman–Crippen MR) is 85.9 cm³/mol. The molecular weight excluding hydrogens is 284 g/mol. The minimum Gasteiger partial charge on any atom is -0.321 e. The molecule has 0 spiro atoms. The van der Waals surface area contributed by atoms with Crippen LogP contribution in [0.15, 0.2) is 54.7 Å². The molecule has 3 nitrogen and oxygen atoms in total. The first-order chi connectivity index (χ1) is 10.1. The first-order valence-electron chi connectivity index (χ1n) is 6.56. The van der Waals surface area contributed by atoms with E-state index in [-0.39, 0.29) is 5.91 Å². The van der Waals surface area contributed by atoms with Crippen molar-refractivity contribution in [3.8, 4) is 0 Å². The van der Waals surface area contributed by atoms with Crippen molar-refractivity contribution in [2.45, 2.75) is 6.92 Å². The molecule has 2 aromatic carbocycles. The molecule has 0 aliphatic rings. The number of benzene rings is 2. The van der Waals surface area contributed by atoms with Gasteiger partial charge in [0.25, 0.3) is 5.91 Å². The Morgan fingerprint density at radius 3 is 2.76 bits per heavy atom. The number of rotatable bonds is 2. The van der Waals surface area contributed by atoms with Gasteiger partial charge in [0.2, 0.25) is 0 Å². The van der Waals surface area contributed by atoms with Crippen LogP contribution in [0.2, 0.25) is 5.02 Å². The Morgan fingerprint density at radius 1 is 1.14 bits per heavy atom. The fraction of sp³-hybridized carbons (Fsp3) is 0.0588. The third-order valence-corrected chi connectivity index (χ3v) is 3.54. The molecule has 3 aromatic rings. The van der Waals surface area contributed by atoms with Crippen LogP contribution in [-0.4, -0.2) is 10.9 Å². The summed E-state index contributed by atoms with van der Waals surface area (Å²) >= 11 is 5.92. The maximum Gasteiger partial charge on any atom is 0.255 e. The number of nitrogens with one attached hydrogen (secondary N) is 1. The number of hydrogen-bond donors (Lipinski definition) is 1. The van der Waals surface area contributed by atoms with Crippen LogP contribution in [0.1, 0.15) is 15.9 Å². The number of amides is 1. The molecule has 0 aliphatic carbocycles. The number of nitrogens with zero attached hydrogens (tertiary/aromatic N) is 1. The molecule has 0 atom stereocenters. The predicted octanol–water partition coefficient (Wildman–Crippen LogP) is 4.45. The average molecular weight is 297 g/mol. The van der Waals surface area contributed by atoms with Crippen LogP contribution in [0.4, 0.5) is 5.69 Å². The van der Waals surface area contributed by atoms with Crippen molar-refractivity contribution in [3.63, 3.8) is 0 Å². The summed E-state index contributed by atoms with van der Waals surface area (Å²) in [5.74, 6) is -0.188. The van der Waals surface area contributed by atoms with E-state index in [9.17, 15) is 4.79 Å². The van der Waals surface area contributed by atoms with E-state index in [2.05, 4.69) is 10.3 Å². The second kappa shape index (κ2) is 5.54. The maximum absolute atomic E-state index is 12.3. The van der Waals surface area contributed by atoms with Gasteiger partial charge in [0.1, 0.15) is 0 Å². The maximum atomic E-state index is 12.3. The Hall–Kier alpha value is -2.39. The molecule has 0 bridgehead atoms. The first-order valence-corrected chi connectivity index (χ1v) is 6.94. The Labute approximate surface area is 127 Å². The van der Waals surface area contributed by atoms with E-state index in [1.807, 2.05) is 25.1 Å². The fourth-order valence-electron chi connectivity index (χ4n) is 2.26. The lowest BCUT2D eigenvalue weighted by Gasteiger charge is -2.09. The molecule has 0 saturated carbocycles. The number of pyridine rings is 1. The zero-order valence-electron chi connectivity index (χ0n) is 11.4. The zero-order valence-corrected chi connectivity index (χ0v) is 12.2. The van der Waals surface area contributed by atoms with Crippen molar-refractivity contribution >= 4 is 34.1 Å². The standard InChI is InChI=1S/C17H13ClN2O/c1-11-4-2-7-14-15(8-9-19-16(11)14)20-17(21)12-5-3-6-13(18)10-12/h2-10H,1H3,(H,19,20,21). The van der Waals surface area contributed by atoms with Crippen molar-refractivity contribution in [1.82, 2.24) is 4.98 Å². The number of aryl methyl sites for hydroxylation is 1. The minimum atomic E-state index is -0.188. The summed E-state index contributed by atoms with van der Waals surface area (Å²) in [6.07, 6.45) is 1.70. The van der Waals surface area contributed by atoms with Crippen LogP contribution in [0.5, 0.6) is 0 Å². The van der Waals surface area contributed by atoms with E-state index in [1.165, 1.54) is 0 Å². The fourth-order valence-corrected chi connectivity index (χ4v) is 2.45. The summed E-state index contributed by atoms with van der Waals surface area (Å²) < 4.78 is 0. The summed E-state index contributed by atoms with van der Waals surface area (Å²) in [5.41, 5.74) is 3.24. The summed E-state index contributed by atoms with van der Waals surface area (Å²) in [5, 5.41) is 4.38. The van der Waals surface area contributed by atoms with Gasteiger partial charge in [-0.05, 0) is 36.8 Å². The second-order valence-electron chi connectivity index (χ2n) is 4.79. The number of para-hydroxylation sites is 1. The van der Waals surface area contributed by atoms with E-state index in [4.69, 9.17) is 11.6 Å². The van der Waals surface area contributed by atoms with Crippen molar-refractivity contribution < 1.29 is 4.79 Å². The largest absolute Gasteiger partial charge is 0.321 e. The van der Waals surface area contributed by atoms with E-state index in [0.29, 0.717) is 10.6 Å². The van der Waals surface area contributed by atoms with Gasteiger partial charge in [-0.15, -0.1) is 0 Å². The normalized spacial score (nSPS) is 10.6. The van der Waals surface area contributed by atoms with E-state index >= 15 is 0 Å². The SMILES string of the molecule is Cc1cccc2c(NC(=O)c3cccc(Cl)c3)ccnc12. The van der Waals surface area contributed by atoms with Gasteiger partial charge >= 0.3 is 0 Å². The number of anilines is 1. The van der Waals surface area contributed by atoms with Crippen LogP contribution in [0.3, 0.4) is 0 Å². The Bertz CT molecular complexity index is 830. The Morgan fingerprint density at radius 2 is 1.95 bits per heavy atom. The highest BCUT2D eigenvalue weighted by Crippen LogP contribution is 2.24. The lowest BCUT2D eigenvalue weighted by atomic mass is 10.1. The summed E-state index contributed by atoms with van der Waals surface area (Å²) in [7, 11) is 0. The third kappa shape index (κ3) is 2.73. The minimum absolute atomic E-state index is 0.188. The Kier molecular flexibility index (Phi) is 3.59. The van der Waals surface area contributed by atoms with Gasteiger partial charge in [0.15, 0.2) is 0 Å². The summed E-state index contributed by atoms with van der Waals surface area (Å²) in [4.78, 5) is 16.7. The molecule has 1 amide bonds. The monoisotopic (exact) mass is 296 g/mol. The number of fused-ring (bicyclic) bond motifs is 1. The van der Waals surface area contributed by atoms with Crippen molar-refractivity contribution in [1.29, 1.82) is 0 Å². The van der Waals surface area contributed by atoms with Crippen LogP contribution < -0.4 is 5.32 Å².